The van der Waals surface area contributed by atoms with Crippen LogP contribution in [0.4, 0.5) is 0 Å². The summed E-state index contributed by atoms with van der Waals surface area (Å²) < 4.78 is 5.30. The molecule has 0 bridgehead atoms. The molecule has 1 aromatic rings. The maximum Gasteiger partial charge on any atom is 0.342 e. The van der Waals surface area contributed by atoms with Crippen molar-refractivity contribution >= 4 is 11.8 Å². The van der Waals surface area contributed by atoms with Crippen LogP contribution >= 0.6 is 0 Å². The number of phenolic OH excluding ortho intramolecular Hbond substituents is 2. The number of allylic oxidation sites excluding steroid dienone is 3. The fourth-order valence-electron chi connectivity index (χ4n) is 2.37. The second-order valence-corrected chi connectivity index (χ2v) is 5.50. The van der Waals surface area contributed by atoms with Gasteiger partial charge in [0.15, 0.2) is 5.78 Å². The van der Waals surface area contributed by atoms with Crippen LogP contribution in [0.1, 0.15) is 42.1 Å². The van der Waals surface area contributed by atoms with Gasteiger partial charge in [-0.05, 0) is 38.0 Å². The van der Waals surface area contributed by atoms with Gasteiger partial charge in [0.1, 0.15) is 23.2 Å². The number of fused-ring (bicyclic) bond motifs is 1. The van der Waals surface area contributed by atoms with E-state index in [-0.39, 0.29) is 40.9 Å². The number of benzene rings is 1. The topological polar surface area (TPSA) is 83.8 Å². The highest BCUT2D eigenvalue weighted by Gasteiger charge is 2.23. The molecule has 1 aliphatic rings. The van der Waals surface area contributed by atoms with Crippen molar-refractivity contribution in [3.8, 4) is 11.5 Å². The number of rotatable bonds is 0. The van der Waals surface area contributed by atoms with E-state index in [0.717, 1.165) is 12.8 Å². The van der Waals surface area contributed by atoms with E-state index in [1.807, 2.05) is 12.2 Å². The first-order valence-corrected chi connectivity index (χ1v) is 7.58. The normalized spacial score (nSPS) is 19.8. The number of ether oxygens (including phenoxy) is 1. The first kappa shape index (κ1) is 16.8. The number of aromatic hydroxyl groups is 2. The molecule has 1 heterocycles. The zero-order chi connectivity index (χ0) is 16.8. The monoisotopic (exact) mass is 316 g/mol. The van der Waals surface area contributed by atoms with Crippen molar-refractivity contribution in [2.24, 2.45) is 0 Å². The van der Waals surface area contributed by atoms with E-state index in [4.69, 9.17) is 4.74 Å². The number of hydrogen-bond acceptors (Lipinski definition) is 5. The lowest BCUT2D eigenvalue weighted by Crippen LogP contribution is -2.17. The predicted molar refractivity (Wildman–Crippen MR) is 85.5 cm³/mol. The van der Waals surface area contributed by atoms with Crippen LogP contribution in [0.15, 0.2) is 36.4 Å². The molecule has 0 spiro atoms. The van der Waals surface area contributed by atoms with Crippen molar-refractivity contribution in [2.45, 2.75) is 38.7 Å². The van der Waals surface area contributed by atoms with E-state index < -0.39 is 5.97 Å². The Morgan fingerprint density at radius 3 is 2.52 bits per heavy atom. The Kier molecular flexibility index (Phi) is 5.57. The third-order valence-corrected chi connectivity index (χ3v) is 3.57. The van der Waals surface area contributed by atoms with Gasteiger partial charge < -0.3 is 14.9 Å². The van der Waals surface area contributed by atoms with E-state index in [1.165, 1.54) is 18.2 Å². The first-order chi connectivity index (χ1) is 11.0. The molecular formula is C18H20O5. The van der Waals surface area contributed by atoms with E-state index in [0.29, 0.717) is 6.42 Å². The van der Waals surface area contributed by atoms with Crippen molar-refractivity contribution in [1.82, 2.24) is 0 Å². The summed E-state index contributed by atoms with van der Waals surface area (Å²) in [6.45, 7) is 1.75. The van der Waals surface area contributed by atoms with Gasteiger partial charge >= 0.3 is 5.97 Å². The molecule has 2 rings (SSSR count). The van der Waals surface area contributed by atoms with Crippen LogP contribution in [0.2, 0.25) is 0 Å². The van der Waals surface area contributed by atoms with Crippen molar-refractivity contribution in [1.29, 1.82) is 0 Å². The summed E-state index contributed by atoms with van der Waals surface area (Å²) in [5, 5.41) is 20.0. The number of carbonyl (C=O) groups excluding carboxylic acids is 2. The summed E-state index contributed by atoms with van der Waals surface area (Å²) in [5.74, 6) is -1.53. The van der Waals surface area contributed by atoms with Gasteiger partial charge in [0.25, 0.3) is 0 Å². The highest BCUT2D eigenvalue weighted by atomic mass is 16.5. The molecule has 0 saturated heterocycles. The molecule has 1 aromatic carbocycles. The molecule has 2 N–H and O–H groups in total. The standard InChI is InChI=1S/C18H20O5/c1-12-7-5-3-2-4-6-8-13(19)11-14-15(20)9-10-16(21)17(14)18(22)23-12/h3,5-6,8-10,12,20-21H,2,4,7,11H2,1H3. The highest BCUT2D eigenvalue weighted by Crippen LogP contribution is 2.31. The molecule has 0 saturated carbocycles. The Hall–Kier alpha value is -2.56. The zero-order valence-electron chi connectivity index (χ0n) is 13.0. The minimum atomic E-state index is -0.747. The summed E-state index contributed by atoms with van der Waals surface area (Å²) in [4.78, 5) is 24.3. The van der Waals surface area contributed by atoms with Gasteiger partial charge in [0.2, 0.25) is 0 Å². The second-order valence-electron chi connectivity index (χ2n) is 5.50. The summed E-state index contributed by atoms with van der Waals surface area (Å²) in [7, 11) is 0. The molecule has 0 aliphatic carbocycles. The van der Waals surface area contributed by atoms with Crippen LogP contribution in [-0.4, -0.2) is 28.1 Å². The average molecular weight is 316 g/mol. The third-order valence-electron chi connectivity index (χ3n) is 3.57. The van der Waals surface area contributed by atoms with Crippen molar-refractivity contribution < 1.29 is 24.5 Å². The van der Waals surface area contributed by atoms with Gasteiger partial charge in [-0.15, -0.1) is 0 Å². The van der Waals surface area contributed by atoms with Gasteiger partial charge in [-0.2, -0.15) is 0 Å². The molecule has 1 atom stereocenters. The van der Waals surface area contributed by atoms with Gasteiger partial charge in [0.05, 0.1) is 0 Å². The SMILES string of the molecule is CC1CC=CCCC=CC(=O)Cc2c(O)ccc(O)c2C(=O)O1. The lowest BCUT2D eigenvalue weighted by molar-refractivity contribution is -0.114. The van der Waals surface area contributed by atoms with E-state index >= 15 is 0 Å². The molecule has 0 aromatic heterocycles. The predicted octanol–water partition coefficient (Wildman–Crippen LogP) is 3.05. The van der Waals surface area contributed by atoms with Crippen LogP contribution in [0.25, 0.3) is 0 Å². The van der Waals surface area contributed by atoms with Crippen LogP contribution in [0, 0.1) is 0 Å². The van der Waals surface area contributed by atoms with Gasteiger partial charge in [0, 0.05) is 18.4 Å². The Labute approximate surface area is 134 Å². The van der Waals surface area contributed by atoms with Gasteiger partial charge in [-0.3, -0.25) is 4.79 Å². The zero-order valence-corrected chi connectivity index (χ0v) is 13.0. The molecular weight excluding hydrogens is 296 g/mol. The fourth-order valence-corrected chi connectivity index (χ4v) is 2.37. The largest absolute Gasteiger partial charge is 0.508 e. The molecule has 5 heteroatoms. The summed E-state index contributed by atoms with van der Waals surface area (Å²) >= 11 is 0. The molecule has 1 unspecified atom stereocenters. The summed E-state index contributed by atoms with van der Waals surface area (Å²) in [5.41, 5.74) is -0.0657. The van der Waals surface area contributed by atoms with Crippen LogP contribution in [0.3, 0.4) is 0 Å². The van der Waals surface area contributed by atoms with E-state index in [9.17, 15) is 19.8 Å². The molecule has 5 nitrogen and oxygen atoms in total. The number of esters is 1. The average Bonchev–Trinajstić information content (AvgIpc) is 2.49. The highest BCUT2D eigenvalue weighted by molar-refractivity contribution is 5.99. The number of hydrogen-bond donors (Lipinski definition) is 2. The van der Waals surface area contributed by atoms with Crippen molar-refractivity contribution in [3.63, 3.8) is 0 Å². The van der Waals surface area contributed by atoms with Crippen molar-refractivity contribution in [3.05, 3.63) is 47.6 Å². The van der Waals surface area contributed by atoms with Crippen LogP contribution in [-0.2, 0) is 16.0 Å². The molecule has 0 amide bonds. The lowest BCUT2D eigenvalue weighted by Gasteiger charge is -2.15. The van der Waals surface area contributed by atoms with Gasteiger partial charge in [-0.25, -0.2) is 4.79 Å². The third kappa shape index (κ3) is 4.45. The summed E-state index contributed by atoms with van der Waals surface area (Å²) in [6, 6.07) is 2.47. The quantitative estimate of drug-likeness (QED) is 0.436. The number of phenols is 2. The first-order valence-electron chi connectivity index (χ1n) is 7.58. The Bertz CT molecular complexity index is 658. The summed E-state index contributed by atoms with van der Waals surface area (Å²) in [6.07, 6.45) is 8.63. The fraction of sp³-hybridized carbons (Fsp3) is 0.333. The molecule has 0 fully saturated rings. The van der Waals surface area contributed by atoms with Gasteiger partial charge in [-0.1, -0.05) is 18.2 Å². The van der Waals surface area contributed by atoms with Crippen molar-refractivity contribution in [2.75, 3.05) is 0 Å². The maximum absolute atomic E-state index is 12.3. The number of ketones is 1. The maximum atomic E-state index is 12.3. The minimum Gasteiger partial charge on any atom is -0.508 e. The smallest absolute Gasteiger partial charge is 0.342 e. The van der Waals surface area contributed by atoms with Crippen LogP contribution < -0.4 is 0 Å². The van der Waals surface area contributed by atoms with Crippen LogP contribution in [0.5, 0.6) is 11.5 Å². The number of carbonyl (C=O) groups is 2. The molecule has 122 valence electrons. The van der Waals surface area contributed by atoms with E-state index in [1.54, 1.807) is 13.0 Å². The second kappa shape index (κ2) is 7.63. The number of cyclic esters (lactones) is 1. The molecule has 1 aliphatic heterocycles. The Morgan fingerprint density at radius 2 is 1.74 bits per heavy atom. The van der Waals surface area contributed by atoms with E-state index in [2.05, 4.69) is 0 Å². The Balaban J connectivity index is 2.42. The molecule has 23 heavy (non-hydrogen) atoms. The molecule has 0 radical (unpaired) electrons. The Morgan fingerprint density at radius 1 is 1.04 bits per heavy atom. The lowest BCUT2D eigenvalue weighted by atomic mass is 9.99. The minimum absolute atomic E-state index is 0.0875.